The van der Waals surface area contributed by atoms with E-state index in [2.05, 4.69) is 6.58 Å². The van der Waals surface area contributed by atoms with Crippen molar-refractivity contribution < 1.29 is 9.59 Å². The molecule has 0 saturated heterocycles. The summed E-state index contributed by atoms with van der Waals surface area (Å²) in [6.45, 7) is 5.29. The molecule has 0 aromatic heterocycles. The van der Waals surface area contributed by atoms with Gasteiger partial charge < -0.3 is 4.79 Å². The lowest BCUT2D eigenvalue weighted by Gasteiger charge is -1.99. The summed E-state index contributed by atoms with van der Waals surface area (Å²) in [7, 11) is 0. The van der Waals surface area contributed by atoms with E-state index in [4.69, 9.17) is 0 Å². The summed E-state index contributed by atoms with van der Waals surface area (Å²) in [5.41, 5.74) is 0. The zero-order valence-corrected chi connectivity index (χ0v) is 6.17. The van der Waals surface area contributed by atoms with Crippen molar-refractivity contribution in [3.05, 3.63) is 12.7 Å². The van der Waals surface area contributed by atoms with Gasteiger partial charge in [0.1, 0.15) is 12.1 Å². The second kappa shape index (κ2) is 4.91. The molecule has 0 heterocycles. The summed E-state index contributed by atoms with van der Waals surface area (Å²) in [4.78, 5) is 21.1. The smallest absolute Gasteiger partial charge is 0.146 e. The number of aldehydes is 1. The fourth-order valence-corrected chi connectivity index (χ4v) is 0.676. The zero-order chi connectivity index (χ0) is 7.98. The number of carbonyl (C=O) groups is 2. The molecule has 10 heavy (non-hydrogen) atoms. The molecular weight excluding hydrogens is 128 g/mol. The lowest BCUT2D eigenvalue weighted by atomic mass is 10.0. The molecule has 0 rings (SSSR count). The molecule has 0 radical (unpaired) electrons. The SMILES string of the molecule is C=CC(C=O)C(=O)CCC. The molecule has 0 fully saturated rings. The van der Waals surface area contributed by atoms with Crippen LogP contribution in [0.1, 0.15) is 19.8 Å². The third-order valence-corrected chi connectivity index (χ3v) is 1.27. The highest BCUT2D eigenvalue weighted by molar-refractivity contribution is 5.94. The summed E-state index contributed by atoms with van der Waals surface area (Å²) in [5.74, 6) is -0.618. The predicted octanol–water partition coefficient (Wildman–Crippen LogP) is 1.36. The maximum atomic E-state index is 10.9. The van der Waals surface area contributed by atoms with Crippen LogP contribution in [0.15, 0.2) is 12.7 Å². The predicted molar refractivity (Wildman–Crippen MR) is 39.7 cm³/mol. The third kappa shape index (κ3) is 2.58. The maximum Gasteiger partial charge on any atom is 0.146 e. The van der Waals surface area contributed by atoms with Crippen molar-refractivity contribution in [1.82, 2.24) is 0 Å². The van der Waals surface area contributed by atoms with Crippen molar-refractivity contribution in [2.24, 2.45) is 5.92 Å². The molecule has 56 valence electrons. The van der Waals surface area contributed by atoms with Crippen LogP contribution in [0.25, 0.3) is 0 Å². The van der Waals surface area contributed by atoms with E-state index in [1.165, 1.54) is 6.08 Å². The normalized spacial score (nSPS) is 12.1. The highest BCUT2D eigenvalue weighted by atomic mass is 16.1. The monoisotopic (exact) mass is 140 g/mol. The van der Waals surface area contributed by atoms with E-state index in [1.807, 2.05) is 6.92 Å². The number of allylic oxidation sites excluding steroid dienone is 1. The first-order chi connectivity index (χ1) is 4.76. The van der Waals surface area contributed by atoms with Crippen molar-refractivity contribution in [2.75, 3.05) is 0 Å². The van der Waals surface area contributed by atoms with E-state index in [0.717, 1.165) is 6.42 Å². The molecule has 0 aromatic rings. The topological polar surface area (TPSA) is 34.1 Å². The fraction of sp³-hybridized carbons (Fsp3) is 0.500. The second-order valence-corrected chi connectivity index (χ2v) is 2.11. The molecule has 2 heteroatoms. The van der Waals surface area contributed by atoms with Crippen molar-refractivity contribution in [3.63, 3.8) is 0 Å². The van der Waals surface area contributed by atoms with Gasteiger partial charge >= 0.3 is 0 Å². The maximum absolute atomic E-state index is 10.9. The van der Waals surface area contributed by atoms with Crippen molar-refractivity contribution >= 4 is 12.1 Å². The number of rotatable bonds is 5. The summed E-state index contributed by atoms with van der Waals surface area (Å²) < 4.78 is 0. The fourth-order valence-electron chi connectivity index (χ4n) is 0.676. The summed E-state index contributed by atoms with van der Waals surface area (Å²) in [6.07, 6.45) is 3.27. The van der Waals surface area contributed by atoms with Crippen molar-refractivity contribution in [1.29, 1.82) is 0 Å². The van der Waals surface area contributed by atoms with Crippen LogP contribution in [-0.4, -0.2) is 12.1 Å². The number of Topliss-reactive ketones (excluding diaryl/α,β-unsaturated/α-hetero) is 1. The van der Waals surface area contributed by atoms with E-state index in [1.54, 1.807) is 0 Å². The van der Waals surface area contributed by atoms with Crippen LogP contribution in [0.4, 0.5) is 0 Å². The van der Waals surface area contributed by atoms with Gasteiger partial charge in [-0.25, -0.2) is 0 Å². The summed E-state index contributed by atoms with van der Waals surface area (Å²) >= 11 is 0. The standard InChI is InChI=1S/C8H12O2/c1-3-5-8(10)7(4-2)6-9/h4,6-7H,2-3,5H2,1H3. The molecule has 0 aromatic carbocycles. The second-order valence-electron chi connectivity index (χ2n) is 2.11. The lowest BCUT2D eigenvalue weighted by molar-refractivity contribution is -0.125. The van der Waals surface area contributed by atoms with Crippen LogP contribution in [0.2, 0.25) is 0 Å². The van der Waals surface area contributed by atoms with Crippen molar-refractivity contribution in [2.45, 2.75) is 19.8 Å². The van der Waals surface area contributed by atoms with E-state index < -0.39 is 5.92 Å². The molecule has 2 nitrogen and oxygen atoms in total. The Morgan fingerprint density at radius 2 is 2.30 bits per heavy atom. The Hall–Kier alpha value is -0.920. The quantitative estimate of drug-likeness (QED) is 0.328. The first kappa shape index (κ1) is 9.08. The van der Waals surface area contributed by atoms with Crippen LogP contribution in [0.3, 0.4) is 0 Å². The van der Waals surface area contributed by atoms with Crippen LogP contribution >= 0.6 is 0 Å². The van der Waals surface area contributed by atoms with Crippen LogP contribution in [0.5, 0.6) is 0 Å². The van der Waals surface area contributed by atoms with Crippen molar-refractivity contribution in [3.8, 4) is 0 Å². The van der Waals surface area contributed by atoms with Gasteiger partial charge in [-0.2, -0.15) is 0 Å². The van der Waals surface area contributed by atoms with Gasteiger partial charge in [-0.15, -0.1) is 6.58 Å². The Morgan fingerprint density at radius 3 is 2.60 bits per heavy atom. The minimum Gasteiger partial charge on any atom is -0.302 e. The molecule has 0 aliphatic rings. The Morgan fingerprint density at radius 1 is 1.70 bits per heavy atom. The zero-order valence-electron chi connectivity index (χ0n) is 6.17. The Labute approximate surface area is 60.9 Å². The van der Waals surface area contributed by atoms with Crippen LogP contribution in [-0.2, 0) is 9.59 Å². The molecule has 0 aliphatic heterocycles. The third-order valence-electron chi connectivity index (χ3n) is 1.27. The highest BCUT2D eigenvalue weighted by Crippen LogP contribution is 2.01. The number of ketones is 1. The van der Waals surface area contributed by atoms with E-state index >= 15 is 0 Å². The number of hydrogen-bond acceptors (Lipinski definition) is 2. The first-order valence-corrected chi connectivity index (χ1v) is 3.36. The molecule has 0 amide bonds. The van der Waals surface area contributed by atoms with Gasteiger partial charge in [-0.05, 0) is 6.42 Å². The highest BCUT2D eigenvalue weighted by Gasteiger charge is 2.10. The van der Waals surface area contributed by atoms with Gasteiger partial charge in [0.2, 0.25) is 0 Å². The largest absolute Gasteiger partial charge is 0.302 e. The molecule has 0 spiro atoms. The Balaban J connectivity index is 3.88. The molecule has 0 aliphatic carbocycles. The van der Waals surface area contributed by atoms with Crippen LogP contribution < -0.4 is 0 Å². The first-order valence-electron chi connectivity index (χ1n) is 3.36. The van der Waals surface area contributed by atoms with Gasteiger partial charge in [0.05, 0.1) is 5.92 Å². The van der Waals surface area contributed by atoms with E-state index in [-0.39, 0.29) is 5.78 Å². The Bertz CT molecular complexity index is 130. The van der Waals surface area contributed by atoms with Gasteiger partial charge in [-0.3, -0.25) is 4.79 Å². The Kier molecular flexibility index (Phi) is 4.46. The van der Waals surface area contributed by atoms with E-state index in [9.17, 15) is 9.59 Å². The average Bonchev–Trinajstić information content (AvgIpc) is 1.91. The van der Waals surface area contributed by atoms with Gasteiger partial charge in [0.15, 0.2) is 0 Å². The average molecular weight is 140 g/mol. The molecule has 0 N–H and O–H groups in total. The molecule has 0 saturated carbocycles. The molecule has 1 atom stereocenters. The number of carbonyl (C=O) groups excluding carboxylic acids is 2. The van der Waals surface area contributed by atoms with Gasteiger partial charge in [0.25, 0.3) is 0 Å². The minimum atomic E-state index is -0.583. The van der Waals surface area contributed by atoms with Crippen LogP contribution in [0, 0.1) is 5.92 Å². The summed E-state index contributed by atoms with van der Waals surface area (Å²) in [6, 6.07) is 0. The molecule has 1 unspecified atom stereocenters. The van der Waals surface area contributed by atoms with E-state index in [0.29, 0.717) is 12.7 Å². The lowest BCUT2D eigenvalue weighted by Crippen LogP contribution is -2.12. The van der Waals surface area contributed by atoms with Gasteiger partial charge in [0, 0.05) is 6.42 Å². The molecule has 0 bridgehead atoms. The summed E-state index contributed by atoms with van der Waals surface area (Å²) in [5, 5.41) is 0. The van der Waals surface area contributed by atoms with Gasteiger partial charge in [-0.1, -0.05) is 13.0 Å². The molecular formula is C8H12O2. The minimum absolute atomic E-state index is 0.0347. The number of hydrogen-bond donors (Lipinski definition) is 0.